The van der Waals surface area contributed by atoms with Crippen molar-refractivity contribution in [1.29, 1.82) is 0 Å². The quantitative estimate of drug-likeness (QED) is 0.887. The molecule has 14 heavy (non-hydrogen) atoms. The van der Waals surface area contributed by atoms with Crippen molar-refractivity contribution in [3.05, 3.63) is 27.2 Å². The van der Waals surface area contributed by atoms with Gasteiger partial charge in [-0.25, -0.2) is 0 Å². The number of halogens is 2. The van der Waals surface area contributed by atoms with Crippen LogP contribution < -0.4 is 5.73 Å². The van der Waals surface area contributed by atoms with Gasteiger partial charge in [0.2, 0.25) is 0 Å². The maximum atomic E-state index is 9.36. The summed E-state index contributed by atoms with van der Waals surface area (Å²) >= 11 is 9.21. The fourth-order valence-electron chi connectivity index (χ4n) is 1.30. The van der Waals surface area contributed by atoms with Gasteiger partial charge in [0.1, 0.15) is 5.75 Å². The van der Waals surface area contributed by atoms with Crippen LogP contribution in [0.1, 0.15) is 31.4 Å². The van der Waals surface area contributed by atoms with E-state index in [1.807, 2.05) is 0 Å². The van der Waals surface area contributed by atoms with Crippen LogP contribution in [0.25, 0.3) is 0 Å². The van der Waals surface area contributed by atoms with Crippen LogP contribution in [0.4, 0.5) is 0 Å². The summed E-state index contributed by atoms with van der Waals surface area (Å²) in [5, 5.41) is 9.88. The molecule has 0 aliphatic carbocycles. The first-order valence-corrected chi connectivity index (χ1v) is 5.66. The van der Waals surface area contributed by atoms with Crippen molar-refractivity contribution in [2.24, 2.45) is 5.73 Å². The van der Waals surface area contributed by atoms with Gasteiger partial charge in [-0.1, -0.05) is 24.9 Å². The first kappa shape index (κ1) is 11.8. The van der Waals surface area contributed by atoms with Crippen LogP contribution in [-0.4, -0.2) is 5.11 Å². The molecule has 0 saturated heterocycles. The molecule has 3 N–H and O–H groups in total. The zero-order chi connectivity index (χ0) is 10.7. The van der Waals surface area contributed by atoms with Gasteiger partial charge in [0, 0.05) is 11.1 Å². The molecule has 1 aromatic rings. The van der Waals surface area contributed by atoms with E-state index in [0.717, 1.165) is 18.4 Å². The first-order valence-electron chi connectivity index (χ1n) is 4.49. The Balaban J connectivity index is 3.02. The van der Waals surface area contributed by atoms with Gasteiger partial charge in [-0.3, -0.25) is 0 Å². The third-order valence-electron chi connectivity index (χ3n) is 2.07. The number of hydrogen-bond acceptors (Lipinski definition) is 2. The monoisotopic (exact) mass is 277 g/mol. The van der Waals surface area contributed by atoms with E-state index < -0.39 is 0 Å². The number of aromatic hydroxyl groups is 1. The summed E-state index contributed by atoms with van der Waals surface area (Å²) in [5.41, 5.74) is 6.81. The normalized spacial score (nSPS) is 12.9. The fourth-order valence-corrected chi connectivity index (χ4v) is 1.96. The molecule has 2 nitrogen and oxygen atoms in total. The third kappa shape index (κ3) is 2.62. The van der Waals surface area contributed by atoms with E-state index >= 15 is 0 Å². The molecule has 0 aliphatic rings. The Morgan fingerprint density at radius 1 is 1.57 bits per heavy atom. The zero-order valence-corrected chi connectivity index (χ0v) is 10.3. The van der Waals surface area contributed by atoms with Gasteiger partial charge in [0.15, 0.2) is 0 Å². The van der Waals surface area contributed by atoms with Crippen LogP contribution in [0, 0.1) is 0 Å². The van der Waals surface area contributed by atoms with Crippen molar-refractivity contribution < 1.29 is 5.11 Å². The molecular formula is C10H13BrClNO. The van der Waals surface area contributed by atoms with Crippen LogP contribution in [0.5, 0.6) is 5.75 Å². The Hall–Kier alpha value is -0.250. The number of phenols is 1. The second kappa shape index (κ2) is 5.01. The second-order valence-electron chi connectivity index (χ2n) is 3.22. The Morgan fingerprint density at radius 2 is 2.21 bits per heavy atom. The molecule has 1 atom stereocenters. The van der Waals surface area contributed by atoms with E-state index in [-0.39, 0.29) is 11.8 Å². The summed E-state index contributed by atoms with van der Waals surface area (Å²) in [4.78, 5) is 0. The smallest absolute Gasteiger partial charge is 0.131 e. The highest BCUT2D eigenvalue weighted by molar-refractivity contribution is 9.10. The van der Waals surface area contributed by atoms with Gasteiger partial charge in [-0.2, -0.15) is 0 Å². The molecule has 0 heterocycles. The lowest BCUT2D eigenvalue weighted by Crippen LogP contribution is -2.10. The lowest BCUT2D eigenvalue weighted by atomic mass is 10.0. The molecule has 4 heteroatoms. The van der Waals surface area contributed by atoms with Gasteiger partial charge in [0.25, 0.3) is 0 Å². The van der Waals surface area contributed by atoms with Crippen molar-refractivity contribution in [2.75, 3.05) is 0 Å². The summed E-state index contributed by atoms with van der Waals surface area (Å²) in [5.74, 6) is 0.141. The van der Waals surface area contributed by atoms with Crippen LogP contribution in [-0.2, 0) is 0 Å². The summed E-state index contributed by atoms with van der Waals surface area (Å²) in [6.07, 6.45) is 1.90. The highest BCUT2D eigenvalue weighted by Crippen LogP contribution is 2.33. The number of rotatable bonds is 3. The zero-order valence-electron chi connectivity index (χ0n) is 7.93. The molecule has 0 saturated carbocycles. The Bertz CT molecular complexity index is 330. The lowest BCUT2D eigenvalue weighted by molar-refractivity contribution is 0.471. The minimum atomic E-state index is -0.0654. The maximum Gasteiger partial charge on any atom is 0.131 e. The van der Waals surface area contributed by atoms with Crippen LogP contribution in [0.2, 0.25) is 5.02 Å². The molecule has 0 fully saturated rings. The number of nitrogens with two attached hydrogens (primary N) is 1. The average Bonchev–Trinajstić information content (AvgIpc) is 2.11. The predicted octanol–water partition coefficient (Wildman–Crippen LogP) is 3.61. The number of benzene rings is 1. The molecule has 0 aliphatic heterocycles. The third-order valence-corrected chi connectivity index (χ3v) is 3.03. The standard InChI is InChI=1S/C10H13BrClNO/c1-2-3-9(13)6-4-7(11)10(14)5-8(6)12/h4-5,9,14H,2-3,13H2,1H3. The van der Waals surface area contributed by atoms with Gasteiger partial charge >= 0.3 is 0 Å². The van der Waals surface area contributed by atoms with Crippen LogP contribution in [0.3, 0.4) is 0 Å². The topological polar surface area (TPSA) is 46.2 Å². The summed E-state index contributed by atoms with van der Waals surface area (Å²) < 4.78 is 0.628. The van der Waals surface area contributed by atoms with Gasteiger partial charge in [0.05, 0.1) is 4.47 Å². The van der Waals surface area contributed by atoms with Gasteiger partial charge in [-0.15, -0.1) is 0 Å². The van der Waals surface area contributed by atoms with Crippen molar-refractivity contribution >= 4 is 27.5 Å². The average molecular weight is 279 g/mol. The van der Waals surface area contributed by atoms with E-state index in [4.69, 9.17) is 17.3 Å². The van der Waals surface area contributed by atoms with Gasteiger partial charge < -0.3 is 10.8 Å². The van der Waals surface area contributed by atoms with Crippen molar-refractivity contribution in [2.45, 2.75) is 25.8 Å². The minimum absolute atomic E-state index is 0.0654. The summed E-state index contributed by atoms with van der Waals surface area (Å²) in [6, 6.07) is 3.22. The Kier molecular flexibility index (Phi) is 4.23. The molecule has 0 bridgehead atoms. The molecule has 0 spiro atoms. The van der Waals surface area contributed by atoms with E-state index in [1.54, 1.807) is 6.07 Å². The molecular weight excluding hydrogens is 265 g/mol. The van der Waals surface area contributed by atoms with Crippen LogP contribution in [0.15, 0.2) is 16.6 Å². The molecule has 1 unspecified atom stereocenters. The fraction of sp³-hybridized carbons (Fsp3) is 0.400. The van der Waals surface area contributed by atoms with Crippen LogP contribution >= 0.6 is 27.5 Å². The summed E-state index contributed by atoms with van der Waals surface area (Å²) in [7, 11) is 0. The largest absolute Gasteiger partial charge is 0.507 e. The molecule has 1 aromatic carbocycles. The second-order valence-corrected chi connectivity index (χ2v) is 4.48. The highest BCUT2D eigenvalue weighted by atomic mass is 79.9. The van der Waals surface area contributed by atoms with E-state index in [0.29, 0.717) is 9.50 Å². The van der Waals surface area contributed by atoms with Gasteiger partial charge in [-0.05, 0) is 40.0 Å². The predicted molar refractivity (Wildman–Crippen MR) is 62.7 cm³/mol. The number of phenolic OH excluding ortho intramolecular Hbond substituents is 1. The molecule has 0 aromatic heterocycles. The Morgan fingerprint density at radius 3 is 2.79 bits per heavy atom. The summed E-state index contributed by atoms with van der Waals surface area (Å²) in [6.45, 7) is 2.07. The molecule has 1 rings (SSSR count). The van der Waals surface area contributed by atoms with E-state index in [1.165, 1.54) is 6.07 Å². The Labute approximate surface area is 97.2 Å². The van der Waals surface area contributed by atoms with E-state index in [2.05, 4.69) is 22.9 Å². The SMILES string of the molecule is CCCC(N)c1cc(Br)c(O)cc1Cl. The van der Waals surface area contributed by atoms with Crippen molar-refractivity contribution in [3.8, 4) is 5.75 Å². The molecule has 0 amide bonds. The number of hydrogen-bond donors (Lipinski definition) is 2. The molecule has 0 radical (unpaired) electrons. The highest BCUT2D eigenvalue weighted by Gasteiger charge is 2.12. The lowest BCUT2D eigenvalue weighted by Gasteiger charge is -2.13. The minimum Gasteiger partial charge on any atom is -0.507 e. The van der Waals surface area contributed by atoms with Crippen molar-refractivity contribution in [1.82, 2.24) is 0 Å². The maximum absolute atomic E-state index is 9.36. The molecule has 78 valence electrons. The van der Waals surface area contributed by atoms with Crippen molar-refractivity contribution in [3.63, 3.8) is 0 Å². The first-order chi connectivity index (χ1) is 6.56. The van der Waals surface area contributed by atoms with E-state index in [9.17, 15) is 5.11 Å².